The number of piperazine rings is 1. The van der Waals surface area contributed by atoms with Gasteiger partial charge in [-0.05, 0) is 43.5 Å². The highest BCUT2D eigenvalue weighted by Gasteiger charge is 2.43. The first-order chi connectivity index (χ1) is 13.6. The molecule has 1 N–H and O–H groups in total. The van der Waals surface area contributed by atoms with E-state index < -0.39 is 5.41 Å². The molecule has 1 aliphatic heterocycles. The highest BCUT2D eigenvalue weighted by molar-refractivity contribution is 5.91. The third-order valence-corrected chi connectivity index (χ3v) is 6.36. The van der Waals surface area contributed by atoms with Crippen molar-refractivity contribution in [2.75, 3.05) is 38.0 Å². The van der Waals surface area contributed by atoms with Crippen molar-refractivity contribution in [3.05, 3.63) is 29.8 Å². The molecule has 0 atom stereocenters. The maximum Gasteiger partial charge on any atom is 0.233 e. The van der Waals surface area contributed by atoms with Crippen molar-refractivity contribution in [2.45, 2.75) is 64.2 Å². The zero-order valence-corrected chi connectivity index (χ0v) is 17.5. The number of rotatable bonds is 6. The van der Waals surface area contributed by atoms with Gasteiger partial charge < -0.3 is 10.2 Å². The Labute approximate surface area is 169 Å². The van der Waals surface area contributed by atoms with Crippen LogP contribution in [0.25, 0.3) is 0 Å². The summed E-state index contributed by atoms with van der Waals surface area (Å²) in [6.45, 7) is 8.82. The van der Waals surface area contributed by atoms with Gasteiger partial charge in [0.25, 0.3) is 0 Å². The van der Waals surface area contributed by atoms with Gasteiger partial charge in [0.1, 0.15) is 0 Å². The van der Waals surface area contributed by atoms with E-state index in [4.69, 9.17) is 0 Å². The number of anilines is 1. The van der Waals surface area contributed by atoms with Crippen molar-refractivity contribution in [3.63, 3.8) is 0 Å². The van der Waals surface area contributed by atoms with Gasteiger partial charge in [0.05, 0.1) is 5.41 Å². The molecule has 154 valence electrons. The molecule has 1 aliphatic carbocycles. The van der Waals surface area contributed by atoms with E-state index in [2.05, 4.69) is 34.2 Å². The van der Waals surface area contributed by atoms with Gasteiger partial charge in [0.15, 0.2) is 0 Å². The van der Waals surface area contributed by atoms with E-state index in [0.29, 0.717) is 12.3 Å². The molecule has 2 aliphatic rings. The van der Waals surface area contributed by atoms with Crippen molar-refractivity contribution >= 4 is 17.5 Å². The van der Waals surface area contributed by atoms with Crippen LogP contribution in [0.15, 0.2) is 24.3 Å². The summed E-state index contributed by atoms with van der Waals surface area (Å²) in [6.07, 6.45) is 6.92. The molecule has 1 aromatic carbocycles. The first-order valence-corrected chi connectivity index (χ1v) is 11.0. The number of amides is 2. The second kappa shape index (κ2) is 9.55. The summed E-state index contributed by atoms with van der Waals surface area (Å²) in [5.74, 6) is 0.329. The molecule has 5 heteroatoms. The molecule has 3 rings (SSSR count). The molecule has 1 aromatic rings. The van der Waals surface area contributed by atoms with Crippen LogP contribution in [0.3, 0.4) is 0 Å². The Kier molecular flexibility index (Phi) is 7.11. The van der Waals surface area contributed by atoms with Crippen LogP contribution in [-0.2, 0) is 15.0 Å². The highest BCUT2D eigenvalue weighted by atomic mass is 16.2. The number of hydrogen-bond acceptors (Lipinski definition) is 3. The summed E-state index contributed by atoms with van der Waals surface area (Å²) < 4.78 is 0. The van der Waals surface area contributed by atoms with Gasteiger partial charge in [0, 0.05) is 38.3 Å². The smallest absolute Gasteiger partial charge is 0.233 e. The lowest BCUT2D eigenvalue weighted by Gasteiger charge is -2.43. The largest absolute Gasteiger partial charge is 0.339 e. The van der Waals surface area contributed by atoms with Crippen molar-refractivity contribution in [3.8, 4) is 0 Å². The Morgan fingerprint density at radius 3 is 2.18 bits per heavy atom. The molecular weight excluding hydrogens is 350 g/mol. The van der Waals surface area contributed by atoms with Crippen LogP contribution in [0.4, 0.5) is 5.69 Å². The molecular formula is C23H35N3O2. The van der Waals surface area contributed by atoms with Crippen LogP contribution in [0, 0.1) is 0 Å². The fourth-order valence-corrected chi connectivity index (χ4v) is 4.70. The highest BCUT2D eigenvalue weighted by Crippen LogP contribution is 2.41. The Bertz CT molecular complexity index is 657. The molecule has 1 saturated carbocycles. The molecule has 28 heavy (non-hydrogen) atoms. The van der Waals surface area contributed by atoms with Gasteiger partial charge in [-0.2, -0.15) is 0 Å². The molecule has 0 spiro atoms. The summed E-state index contributed by atoms with van der Waals surface area (Å²) in [5.41, 5.74) is 1.53. The standard InChI is InChI=1S/C23H35N3O2/c1-3-14-25-15-17-26(18-16-25)22(28)23(12-6-5-7-13-23)19-8-10-20(11-9-19)24-21(27)4-2/h8-11H,3-7,12-18H2,1-2H3,(H,24,27). The Morgan fingerprint density at radius 2 is 1.61 bits per heavy atom. The minimum atomic E-state index is -0.390. The van der Waals surface area contributed by atoms with Gasteiger partial charge in [-0.25, -0.2) is 0 Å². The van der Waals surface area contributed by atoms with E-state index in [9.17, 15) is 9.59 Å². The molecule has 5 nitrogen and oxygen atoms in total. The molecule has 2 fully saturated rings. The number of hydrogen-bond donors (Lipinski definition) is 1. The minimum absolute atomic E-state index is 0.0150. The topological polar surface area (TPSA) is 52.6 Å². The van der Waals surface area contributed by atoms with Crippen molar-refractivity contribution < 1.29 is 9.59 Å². The van der Waals surface area contributed by atoms with Crippen LogP contribution in [-0.4, -0.2) is 54.3 Å². The van der Waals surface area contributed by atoms with Gasteiger partial charge in [0.2, 0.25) is 11.8 Å². The first-order valence-electron chi connectivity index (χ1n) is 11.0. The zero-order chi connectivity index (χ0) is 20.0. The summed E-state index contributed by atoms with van der Waals surface area (Å²) in [6, 6.07) is 8.01. The van der Waals surface area contributed by atoms with E-state index in [1.54, 1.807) is 0 Å². The lowest BCUT2D eigenvalue weighted by Crippen LogP contribution is -2.55. The van der Waals surface area contributed by atoms with Crippen LogP contribution in [0.2, 0.25) is 0 Å². The summed E-state index contributed by atoms with van der Waals surface area (Å²) >= 11 is 0. The van der Waals surface area contributed by atoms with Crippen molar-refractivity contribution in [1.82, 2.24) is 9.80 Å². The molecule has 2 amide bonds. The molecule has 1 saturated heterocycles. The van der Waals surface area contributed by atoms with E-state index in [-0.39, 0.29) is 5.91 Å². The molecule has 0 aromatic heterocycles. The first kappa shape index (κ1) is 20.8. The van der Waals surface area contributed by atoms with Gasteiger partial charge >= 0.3 is 0 Å². The van der Waals surface area contributed by atoms with Crippen molar-refractivity contribution in [1.29, 1.82) is 0 Å². The Morgan fingerprint density at radius 1 is 0.964 bits per heavy atom. The summed E-state index contributed by atoms with van der Waals surface area (Å²) in [4.78, 5) is 29.9. The van der Waals surface area contributed by atoms with Gasteiger partial charge in [-0.3, -0.25) is 14.5 Å². The number of benzene rings is 1. The molecule has 0 unspecified atom stereocenters. The van der Waals surface area contributed by atoms with Crippen molar-refractivity contribution in [2.24, 2.45) is 0 Å². The number of carbonyl (C=O) groups excluding carboxylic acids is 2. The Balaban J connectivity index is 1.77. The van der Waals surface area contributed by atoms with E-state index in [1.807, 2.05) is 19.1 Å². The van der Waals surface area contributed by atoms with Crippen LogP contribution in [0.5, 0.6) is 0 Å². The van der Waals surface area contributed by atoms with Crippen LogP contribution in [0.1, 0.15) is 64.4 Å². The van der Waals surface area contributed by atoms with E-state index in [1.165, 1.54) is 12.8 Å². The summed E-state index contributed by atoms with van der Waals surface area (Å²) in [5, 5.41) is 2.90. The minimum Gasteiger partial charge on any atom is -0.339 e. The lowest BCUT2D eigenvalue weighted by molar-refractivity contribution is -0.140. The zero-order valence-electron chi connectivity index (χ0n) is 17.5. The summed E-state index contributed by atoms with van der Waals surface area (Å²) in [7, 11) is 0. The third-order valence-electron chi connectivity index (χ3n) is 6.36. The lowest BCUT2D eigenvalue weighted by atomic mass is 9.68. The number of nitrogens with one attached hydrogen (secondary N) is 1. The quantitative estimate of drug-likeness (QED) is 0.810. The molecule has 0 radical (unpaired) electrons. The maximum absolute atomic E-state index is 13.7. The van der Waals surface area contributed by atoms with E-state index >= 15 is 0 Å². The normalized spacial score (nSPS) is 20.0. The fourth-order valence-electron chi connectivity index (χ4n) is 4.70. The SMILES string of the molecule is CCCN1CCN(C(=O)C2(c3ccc(NC(=O)CC)cc3)CCCCC2)CC1. The second-order valence-electron chi connectivity index (χ2n) is 8.26. The van der Waals surface area contributed by atoms with Gasteiger partial charge in [-0.1, -0.05) is 45.2 Å². The monoisotopic (exact) mass is 385 g/mol. The molecule has 0 bridgehead atoms. The third kappa shape index (κ3) is 4.57. The predicted octanol–water partition coefficient (Wildman–Crippen LogP) is 3.79. The number of carbonyl (C=O) groups is 2. The molecule has 1 heterocycles. The average Bonchev–Trinajstić information content (AvgIpc) is 2.75. The predicted molar refractivity (Wildman–Crippen MR) is 113 cm³/mol. The van der Waals surface area contributed by atoms with E-state index in [0.717, 1.165) is 69.7 Å². The second-order valence-corrected chi connectivity index (χ2v) is 8.26. The Hall–Kier alpha value is -1.88. The number of nitrogens with zero attached hydrogens (tertiary/aromatic N) is 2. The fraction of sp³-hybridized carbons (Fsp3) is 0.652. The van der Waals surface area contributed by atoms with Crippen LogP contribution < -0.4 is 5.32 Å². The van der Waals surface area contributed by atoms with Crippen LogP contribution >= 0.6 is 0 Å². The van der Waals surface area contributed by atoms with Gasteiger partial charge in [-0.15, -0.1) is 0 Å². The average molecular weight is 386 g/mol. The maximum atomic E-state index is 13.7.